The van der Waals surface area contributed by atoms with Crippen LogP contribution in [0.1, 0.15) is 23.9 Å². The second-order valence-electron chi connectivity index (χ2n) is 6.94. The maximum absolute atomic E-state index is 12.7. The summed E-state index contributed by atoms with van der Waals surface area (Å²) in [5.41, 5.74) is 3.07. The van der Waals surface area contributed by atoms with Crippen LogP contribution in [0.4, 0.5) is 0 Å². The third kappa shape index (κ3) is 4.93. The lowest BCUT2D eigenvalue weighted by atomic mass is 10.1. The fourth-order valence-electron chi connectivity index (χ4n) is 2.83. The lowest BCUT2D eigenvalue weighted by Crippen LogP contribution is -2.37. The van der Waals surface area contributed by atoms with E-state index in [1.807, 2.05) is 56.3 Å². The molecule has 1 atom stereocenters. The van der Waals surface area contributed by atoms with Gasteiger partial charge in [-0.25, -0.2) is 0 Å². The first kappa shape index (κ1) is 20.4. The van der Waals surface area contributed by atoms with Gasteiger partial charge in [0.15, 0.2) is 6.10 Å². The zero-order chi connectivity index (χ0) is 21.0. The topological polar surface area (TPSA) is 77.7 Å². The second-order valence-corrected chi connectivity index (χ2v) is 6.94. The summed E-state index contributed by atoms with van der Waals surface area (Å²) in [4.78, 5) is 18.5. The molecule has 0 saturated heterocycles. The van der Waals surface area contributed by atoms with Crippen molar-refractivity contribution in [2.45, 2.75) is 33.4 Å². The number of aromatic nitrogens is 2. The Morgan fingerprint density at radius 1 is 1.14 bits per heavy atom. The molecule has 0 bridgehead atoms. The number of likely N-dealkylation sites (N-methyl/N-ethyl adjacent to an activating group) is 1. The molecule has 29 heavy (non-hydrogen) atoms. The molecular formula is C22H25N3O4. The Morgan fingerprint density at radius 2 is 1.93 bits per heavy atom. The first-order valence-corrected chi connectivity index (χ1v) is 9.33. The van der Waals surface area contributed by atoms with Crippen molar-refractivity contribution in [1.29, 1.82) is 0 Å². The van der Waals surface area contributed by atoms with Gasteiger partial charge in [0.25, 0.3) is 5.91 Å². The molecule has 7 nitrogen and oxygen atoms in total. The second kappa shape index (κ2) is 8.77. The molecule has 0 aliphatic carbocycles. The monoisotopic (exact) mass is 395 g/mol. The highest BCUT2D eigenvalue weighted by atomic mass is 16.5. The summed E-state index contributed by atoms with van der Waals surface area (Å²) in [7, 11) is 3.28. The van der Waals surface area contributed by atoms with Gasteiger partial charge >= 0.3 is 0 Å². The number of ether oxygens (including phenoxy) is 2. The van der Waals surface area contributed by atoms with Gasteiger partial charge < -0.3 is 18.9 Å². The van der Waals surface area contributed by atoms with Gasteiger partial charge in [0.1, 0.15) is 11.5 Å². The van der Waals surface area contributed by atoms with Crippen LogP contribution in [-0.2, 0) is 11.3 Å². The molecule has 0 unspecified atom stereocenters. The Labute approximate surface area is 170 Å². The van der Waals surface area contributed by atoms with E-state index in [2.05, 4.69) is 10.1 Å². The zero-order valence-electron chi connectivity index (χ0n) is 17.3. The molecule has 0 saturated carbocycles. The molecule has 0 aliphatic rings. The molecular weight excluding hydrogens is 370 g/mol. The summed E-state index contributed by atoms with van der Waals surface area (Å²) in [6.07, 6.45) is -0.636. The number of rotatable bonds is 7. The molecule has 1 amide bonds. The summed E-state index contributed by atoms with van der Waals surface area (Å²) in [5, 5.41) is 3.99. The minimum atomic E-state index is -0.636. The van der Waals surface area contributed by atoms with Crippen LogP contribution in [-0.4, -0.2) is 41.2 Å². The summed E-state index contributed by atoms with van der Waals surface area (Å²) in [6, 6.07) is 13.2. The van der Waals surface area contributed by atoms with Crippen LogP contribution >= 0.6 is 0 Å². The molecule has 0 aliphatic heterocycles. The first-order valence-electron chi connectivity index (χ1n) is 9.33. The molecule has 152 valence electrons. The van der Waals surface area contributed by atoms with E-state index in [1.165, 1.54) is 10.5 Å². The minimum Gasteiger partial charge on any atom is -0.497 e. The molecule has 7 heteroatoms. The third-order valence-corrected chi connectivity index (χ3v) is 4.68. The van der Waals surface area contributed by atoms with E-state index in [0.29, 0.717) is 23.2 Å². The van der Waals surface area contributed by atoms with Gasteiger partial charge in [0.05, 0.1) is 13.7 Å². The fourth-order valence-corrected chi connectivity index (χ4v) is 2.83. The fraction of sp³-hybridized carbons (Fsp3) is 0.318. The van der Waals surface area contributed by atoms with Crippen molar-refractivity contribution in [3.8, 4) is 22.9 Å². The van der Waals surface area contributed by atoms with Crippen molar-refractivity contribution in [2.75, 3.05) is 14.2 Å². The molecule has 3 aromatic rings. The normalized spacial score (nSPS) is 11.8. The molecule has 3 rings (SSSR count). The minimum absolute atomic E-state index is 0.177. The smallest absolute Gasteiger partial charge is 0.263 e. The first-order chi connectivity index (χ1) is 13.9. The zero-order valence-corrected chi connectivity index (χ0v) is 17.3. The molecule has 2 aromatic carbocycles. The Hall–Kier alpha value is -3.35. The molecule has 1 heterocycles. The summed E-state index contributed by atoms with van der Waals surface area (Å²) in [5.74, 6) is 1.99. The van der Waals surface area contributed by atoms with Gasteiger partial charge in [-0.1, -0.05) is 23.4 Å². The van der Waals surface area contributed by atoms with Gasteiger partial charge in [-0.15, -0.1) is 0 Å². The van der Waals surface area contributed by atoms with E-state index in [1.54, 1.807) is 21.1 Å². The van der Waals surface area contributed by atoms with Crippen molar-refractivity contribution in [3.63, 3.8) is 0 Å². The molecule has 1 aromatic heterocycles. The number of methoxy groups -OCH3 is 1. The van der Waals surface area contributed by atoms with E-state index in [9.17, 15) is 4.79 Å². The quantitative estimate of drug-likeness (QED) is 0.606. The van der Waals surface area contributed by atoms with Crippen molar-refractivity contribution < 1.29 is 18.8 Å². The van der Waals surface area contributed by atoms with Crippen LogP contribution in [0, 0.1) is 13.8 Å². The van der Waals surface area contributed by atoms with Gasteiger partial charge in [-0.2, -0.15) is 4.98 Å². The lowest BCUT2D eigenvalue weighted by Gasteiger charge is -2.21. The Balaban J connectivity index is 1.63. The van der Waals surface area contributed by atoms with E-state index in [-0.39, 0.29) is 12.5 Å². The van der Waals surface area contributed by atoms with E-state index < -0.39 is 6.10 Å². The number of hydrogen-bond acceptors (Lipinski definition) is 6. The van der Waals surface area contributed by atoms with Crippen LogP contribution < -0.4 is 9.47 Å². The van der Waals surface area contributed by atoms with E-state index >= 15 is 0 Å². The number of aryl methyl sites for hydroxylation is 2. The van der Waals surface area contributed by atoms with Crippen LogP contribution in [0.15, 0.2) is 47.0 Å². The number of amides is 1. The predicted octanol–water partition coefficient (Wildman–Crippen LogP) is 3.79. The van der Waals surface area contributed by atoms with Crippen LogP contribution in [0.3, 0.4) is 0 Å². The largest absolute Gasteiger partial charge is 0.497 e. The van der Waals surface area contributed by atoms with Crippen molar-refractivity contribution in [3.05, 3.63) is 59.5 Å². The van der Waals surface area contributed by atoms with Crippen LogP contribution in [0.2, 0.25) is 0 Å². The number of nitrogens with zero attached hydrogens (tertiary/aromatic N) is 3. The van der Waals surface area contributed by atoms with Crippen LogP contribution in [0.25, 0.3) is 11.4 Å². The van der Waals surface area contributed by atoms with E-state index in [4.69, 9.17) is 14.0 Å². The summed E-state index contributed by atoms with van der Waals surface area (Å²) < 4.78 is 16.3. The highest BCUT2D eigenvalue weighted by Crippen LogP contribution is 2.22. The standard InChI is InChI=1S/C22H25N3O4/c1-14-9-10-19(11-15(14)2)28-16(3)22(26)25(4)13-20-23-21(24-29-20)17-7-6-8-18(12-17)27-5/h6-12,16H,13H2,1-5H3/t16-/m0/s1. The average Bonchev–Trinajstić information content (AvgIpc) is 3.18. The van der Waals surface area contributed by atoms with E-state index in [0.717, 1.165) is 11.1 Å². The van der Waals surface area contributed by atoms with Gasteiger partial charge in [0, 0.05) is 12.6 Å². The van der Waals surface area contributed by atoms with Crippen molar-refractivity contribution in [1.82, 2.24) is 15.0 Å². The van der Waals surface area contributed by atoms with Crippen molar-refractivity contribution >= 4 is 5.91 Å². The van der Waals surface area contributed by atoms with Gasteiger partial charge in [-0.3, -0.25) is 4.79 Å². The Bertz CT molecular complexity index is 999. The SMILES string of the molecule is COc1cccc(-c2noc(CN(C)C(=O)[C@H](C)Oc3ccc(C)c(C)c3)n2)c1. The Kier molecular flexibility index (Phi) is 6.16. The maximum Gasteiger partial charge on any atom is 0.263 e. The molecule has 0 fully saturated rings. The Morgan fingerprint density at radius 3 is 2.66 bits per heavy atom. The number of benzene rings is 2. The van der Waals surface area contributed by atoms with Crippen LogP contribution in [0.5, 0.6) is 11.5 Å². The van der Waals surface area contributed by atoms with Crippen molar-refractivity contribution in [2.24, 2.45) is 0 Å². The molecule has 0 spiro atoms. The average molecular weight is 395 g/mol. The number of hydrogen-bond donors (Lipinski definition) is 0. The predicted molar refractivity (Wildman–Crippen MR) is 109 cm³/mol. The van der Waals surface area contributed by atoms with Gasteiger partial charge in [0.2, 0.25) is 11.7 Å². The van der Waals surface area contributed by atoms with Gasteiger partial charge in [-0.05, 0) is 56.2 Å². The summed E-state index contributed by atoms with van der Waals surface area (Å²) >= 11 is 0. The highest BCUT2D eigenvalue weighted by molar-refractivity contribution is 5.80. The lowest BCUT2D eigenvalue weighted by molar-refractivity contribution is -0.137. The highest BCUT2D eigenvalue weighted by Gasteiger charge is 2.21. The molecule has 0 radical (unpaired) electrons. The summed E-state index contributed by atoms with van der Waals surface area (Å²) in [6.45, 7) is 5.96. The third-order valence-electron chi connectivity index (χ3n) is 4.68. The number of carbonyl (C=O) groups excluding carboxylic acids is 1. The molecule has 0 N–H and O–H groups in total. The maximum atomic E-state index is 12.7. The number of carbonyl (C=O) groups is 1.